The Labute approximate surface area is 202 Å². The number of hydrogen-bond acceptors (Lipinski definition) is 4. The van der Waals surface area contributed by atoms with Gasteiger partial charge in [-0.25, -0.2) is 0 Å². The molecule has 1 atom stereocenters. The average molecular weight is 454 g/mol. The van der Waals surface area contributed by atoms with Crippen molar-refractivity contribution in [2.45, 2.75) is 56.1 Å². The van der Waals surface area contributed by atoms with Crippen molar-refractivity contribution in [3.05, 3.63) is 102 Å². The first kappa shape index (κ1) is 22.9. The van der Waals surface area contributed by atoms with Crippen LogP contribution in [0.5, 0.6) is 0 Å². The van der Waals surface area contributed by atoms with Crippen LogP contribution in [0.25, 0.3) is 0 Å². The molecule has 1 aliphatic heterocycles. The molecule has 0 amide bonds. The number of carbonyl (C=O) groups is 1. The molecule has 0 bridgehead atoms. The van der Waals surface area contributed by atoms with E-state index in [1.807, 2.05) is 88.4 Å². The van der Waals surface area contributed by atoms with Crippen molar-refractivity contribution in [3.63, 3.8) is 0 Å². The minimum absolute atomic E-state index is 0.219. The lowest BCUT2D eigenvalue weighted by atomic mass is 9.74. The Morgan fingerprint density at radius 1 is 0.735 bits per heavy atom. The number of ether oxygens (including phenoxy) is 1. The van der Waals surface area contributed by atoms with E-state index in [1.54, 1.807) is 0 Å². The highest BCUT2D eigenvalue weighted by atomic mass is 16.7. The molecule has 0 radical (unpaired) electrons. The molecular weight excluding hydrogens is 423 g/mol. The zero-order valence-electron chi connectivity index (χ0n) is 20.5. The van der Waals surface area contributed by atoms with Gasteiger partial charge in [0.25, 0.3) is 0 Å². The molecule has 0 unspecified atom stereocenters. The average Bonchev–Trinajstić information content (AvgIpc) is 3.51. The van der Waals surface area contributed by atoms with E-state index >= 15 is 0 Å². The molecule has 2 aliphatic rings. The Morgan fingerprint density at radius 2 is 1.21 bits per heavy atom. The fraction of sp³-hybridized carbons (Fsp3) is 0.345. The molecule has 0 spiro atoms. The molecule has 5 rings (SSSR count). The van der Waals surface area contributed by atoms with E-state index in [0.29, 0.717) is 6.42 Å². The number of rotatable bonds is 5. The Hall–Kier alpha value is -2.89. The summed E-state index contributed by atoms with van der Waals surface area (Å²) in [5.74, 6) is -0.219. The maximum Gasteiger partial charge on any atom is 0.494 e. The topological polar surface area (TPSA) is 44.8 Å². The quantitative estimate of drug-likeness (QED) is 0.411. The van der Waals surface area contributed by atoms with Crippen molar-refractivity contribution in [3.8, 4) is 0 Å². The molecule has 1 heterocycles. The summed E-state index contributed by atoms with van der Waals surface area (Å²) in [6.45, 7) is 8.19. The molecule has 2 fully saturated rings. The highest BCUT2D eigenvalue weighted by molar-refractivity contribution is 6.62. The summed E-state index contributed by atoms with van der Waals surface area (Å²) in [5, 5.41) is 0. The molecule has 34 heavy (non-hydrogen) atoms. The lowest BCUT2D eigenvalue weighted by Gasteiger charge is -2.32. The van der Waals surface area contributed by atoms with E-state index in [2.05, 4.69) is 24.3 Å². The van der Waals surface area contributed by atoms with E-state index in [1.165, 1.54) is 7.11 Å². The van der Waals surface area contributed by atoms with Gasteiger partial charge in [0.15, 0.2) is 0 Å². The van der Waals surface area contributed by atoms with Crippen molar-refractivity contribution >= 4 is 18.6 Å². The van der Waals surface area contributed by atoms with Crippen LogP contribution in [0.15, 0.2) is 84.9 Å². The zero-order chi connectivity index (χ0) is 24.2. The normalized spacial score (nSPS) is 24.0. The number of esters is 1. The Kier molecular flexibility index (Phi) is 5.27. The van der Waals surface area contributed by atoms with E-state index in [-0.39, 0.29) is 5.97 Å². The van der Waals surface area contributed by atoms with Crippen LogP contribution in [0.4, 0.5) is 0 Å². The van der Waals surface area contributed by atoms with E-state index in [9.17, 15) is 4.79 Å². The second kappa shape index (κ2) is 7.83. The van der Waals surface area contributed by atoms with E-state index in [4.69, 9.17) is 14.0 Å². The van der Waals surface area contributed by atoms with Crippen molar-refractivity contribution in [1.82, 2.24) is 0 Å². The number of benzene rings is 3. The van der Waals surface area contributed by atoms with Gasteiger partial charge in [-0.3, -0.25) is 4.79 Å². The monoisotopic (exact) mass is 454 g/mol. The molecular formula is C29H31BO4. The predicted molar refractivity (Wildman–Crippen MR) is 134 cm³/mol. The summed E-state index contributed by atoms with van der Waals surface area (Å²) in [7, 11) is 1.03. The zero-order valence-corrected chi connectivity index (χ0v) is 20.5. The third-order valence-electron chi connectivity index (χ3n) is 8.13. The molecule has 3 aromatic rings. The third kappa shape index (κ3) is 3.18. The van der Waals surface area contributed by atoms with Crippen LogP contribution in [-0.4, -0.2) is 31.4 Å². The van der Waals surface area contributed by atoms with Crippen LogP contribution in [0.3, 0.4) is 0 Å². The summed E-state index contributed by atoms with van der Waals surface area (Å²) >= 11 is 0. The predicted octanol–water partition coefficient (Wildman–Crippen LogP) is 4.79. The van der Waals surface area contributed by atoms with Gasteiger partial charge >= 0.3 is 13.1 Å². The Balaban J connectivity index is 1.59. The maximum atomic E-state index is 13.5. The second-order valence-electron chi connectivity index (χ2n) is 10.4. The first-order valence-electron chi connectivity index (χ1n) is 11.8. The Morgan fingerprint density at radius 3 is 1.65 bits per heavy atom. The Bertz CT molecular complexity index is 1130. The third-order valence-corrected chi connectivity index (χ3v) is 8.13. The molecule has 0 N–H and O–H groups in total. The molecule has 5 heteroatoms. The SMILES string of the molecule is COC(=O)[C@]1(c2ccc(B3OC(C)(C)C(C)(C)O3)cc2)CC1(c1ccccc1)c1ccccc1. The summed E-state index contributed by atoms with van der Waals surface area (Å²) < 4.78 is 17.9. The maximum absolute atomic E-state index is 13.5. The smallest absolute Gasteiger partial charge is 0.468 e. The summed E-state index contributed by atoms with van der Waals surface area (Å²) in [5.41, 5.74) is 1.99. The van der Waals surface area contributed by atoms with Gasteiger partial charge in [-0.15, -0.1) is 0 Å². The minimum atomic E-state index is -0.807. The molecule has 4 nitrogen and oxygen atoms in total. The van der Waals surface area contributed by atoms with Gasteiger partial charge in [0.2, 0.25) is 0 Å². The molecule has 1 saturated heterocycles. The van der Waals surface area contributed by atoms with Gasteiger partial charge in [0.1, 0.15) is 5.41 Å². The van der Waals surface area contributed by atoms with Crippen LogP contribution in [0.1, 0.15) is 50.8 Å². The van der Waals surface area contributed by atoms with Crippen LogP contribution < -0.4 is 5.46 Å². The highest BCUT2D eigenvalue weighted by Crippen LogP contribution is 2.69. The van der Waals surface area contributed by atoms with Crippen molar-refractivity contribution in [2.24, 2.45) is 0 Å². The van der Waals surface area contributed by atoms with Gasteiger partial charge in [0.05, 0.1) is 18.3 Å². The first-order valence-corrected chi connectivity index (χ1v) is 11.8. The van der Waals surface area contributed by atoms with Crippen LogP contribution in [0, 0.1) is 0 Å². The van der Waals surface area contributed by atoms with Crippen LogP contribution in [0.2, 0.25) is 0 Å². The fourth-order valence-electron chi connectivity index (χ4n) is 5.45. The van der Waals surface area contributed by atoms with Gasteiger partial charge in [-0.1, -0.05) is 84.9 Å². The van der Waals surface area contributed by atoms with E-state index in [0.717, 1.165) is 22.2 Å². The van der Waals surface area contributed by atoms with Gasteiger partial charge in [-0.2, -0.15) is 0 Å². The lowest BCUT2D eigenvalue weighted by molar-refractivity contribution is -0.144. The summed E-state index contributed by atoms with van der Waals surface area (Å²) in [6.07, 6.45) is 0.649. The lowest BCUT2D eigenvalue weighted by Crippen LogP contribution is -2.41. The van der Waals surface area contributed by atoms with E-state index < -0.39 is 29.2 Å². The van der Waals surface area contributed by atoms with Crippen molar-refractivity contribution in [1.29, 1.82) is 0 Å². The first-order chi connectivity index (χ1) is 16.2. The van der Waals surface area contributed by atoms with Crippen LogP contribution in [-0.2, 0) is 29.7 Å². The van der Waals surface area contributed by atoms with Gasteiger partial charge in [0, 0.05) is 5.41 Å². The summed E-state index contributed by atoms with van der Waals surface area (Å²) in [6, 6.07) is 28.7. The van der Waals surface area contributed by atoms with Crippen molar-refractivity contribution < 1.29 is 18.8 Å². The molecule has 0 aromatic heterocycles. The largest absolute Gasteiger partial charge is 0.494 e. The molecule has 174 valence electrons. The standard InChI is InChI=1S/C29H31BO4/c1-26(2)27(3,4)34-30(33-26)24-18-16-23(17-19-24)29(25(31)32-5)20-28(29,21-12-8-6-9-13-21)22-14-10-7-11-15-22/h6-19H,20H2,1-5H3/t29-/m1/s1. The number of hydrogen-bond donors (Lipinski definition) is 0. The van der Waals surface area contributed by atoms with Gasteiger partial charge in [-0.05, 0) is 56.3 Å². The number of methoxy groups -OCH3 is 1. The molecule has 1 aliphatic carbocycles. The number of carbonyl (C=O) groups excluding carboxylic acids is 1. The second-order valence-corrected chi connectivity index (χ2v) is 10.4. The fourth-order valence-corrected chi connectivity index (χ4v) is 5.45. The highest BCUT2D eigenvalue weighted by Gasteiger charge is 2.75. The van der Waals surface area contributed by atoms with Crippen LogP contribution >= 0.6 is 0 Å². The molecule has 3 aromatic carbocycles. The molecule has 1 saturated carbocycles. The van der Waals surface area contributed by atoms with Gasteiger partial charge < -0.3 is 14.0 Å². The minimum Gasteiger partial charge on any atom is -0.468 e. The van der Waals surface area contributed by atoms with Crippen molar-refractivity contribution in [2.75, 3.05) is 7.11 Å². The summed E-state index contributed by atoms with van der Waals surface area (Å²) in [4.78, 5) is 13.5.